The second-order valence-electron chi connectivity index (χ2n) is 12.0. The third-order valence-electron chi connectivity index (χ3n) is 9.84. The van der Waals surface area contributed by atoms with Gasteiger partial charge in [-0.2, -0.15) is 0 Å². The lowest BCUT2D eigenvalue weighted by Gasteiger charge is -2.60. The van der Waals surface area contributed by atoms with Crippen LogP contribution >= 0.6 is 0 Å². The fourth-order valence-corrected chi connectivity index (χ4v) is 8.04. The normalized spacial score (nSPS) is 29.9. The molecular weight excluding hydrogens is 492 g/mol. The van der Waals surface area contributed by atoms with Crippen molar-refractivity contribution in [2.24, 2.45) is 11.8 Å². The number of carbonyl (C=O) groups excluding carboxylic acids is 2. The third-order valence-corrected chi connectivity index (χ3v) is 9.84. The van der Waals surface area contributed by atoms with Crippen LogP contribution in [0.2, 0.25) is 0 Å². The highest BCUT2D eigenvalue weighted by Gasteiger charge is 2.67. The summed E-state index contributed by atoms with van der Waals surface area (Å²) in [6.07, 6.45) is 5.78. The van der Waals surface area contributed by atoms with Crippen LogP contribution in [0.25, 0.3) is 0 Å². The number of piperidine rings is 1. The minimum Gasteiger partial charge on any atom is -0.504 e. The van der Waals surface area contributed by atoms with Gasteiger partial charge in [0, 0.05) is 60.7 Å². The van der Waals surface area contributed by atoms with Gasteiger partial charge in [-0.1, -0.05) is 24.1 Å². The summed E-state index contributed by atoms with van der Waals surface area (Å²) in [5.74, 6) is 7.28. The van der Waals surface area contributed by atoms with Crippen molar-refractivity contribution >= 4 is 11.9 Å². The highest BCUT2D eigenvalue weighted by molar-refractivity contribution is 5.94. The van der Waals surface area contributed by atoms with Crippen molar-refractivity contribution in [3.63, 3.8) is 0 Å². The molecule has 1 amide bonds. The Morgan fingerprint density at radius 1 is 1.21 bits per heavy atom. The van der Waals surface area contributed by atoms with E-state index in [0.29, 0.717) is 23.5 Å². The lowest BCUT2D eigenvalue weighted by molar-refractivity contribution is -0.135. The number of esters is 1. The molecule has 2 aromatic rings. The first-order chi connectivity index (χ1) is 18.9. The maximum absolute atomic E-state index is 13.3. The Labute approximate surface area is 229 Å². The van der Waals surface area contributed by atoms with Crippen molar-refractivity contribution < 1.29 is 24.2 Å². The molecule has 202 valence electrons. The summed E-state index contributed by atoms with van der Waals surface area (Å²) in [5.41, 5.74) is 2.46. The van der Waals surface area contributed by atoms with Crippen LogP contribution in [0.15, 0.2) is 36.4 Å². The number of aromatic hydroxyl groups is 1. The summed E-state index contributed by atoms with van der Waals surface area (Å²) in [4.78, 5) is 29.8. The molecule has 2 bridgehead atoms. The maximum Gasteiger partial charge on any atom is 0.308 e. The zero-order valence-corrected chi connectivity index (χ0v) is 22.5. The molecule has 0 unspecified atom stereocenters. The first-order valence-corrected chi connectivity index (χ1v) is 14.2. The first kappa shape index (κ1) is 24.5. The van der Waals surface area contributed by atoms with Gasteiger partial charge < -0.3 is 19.5 Å². The molecular formula is C32H34N2O5. The van der Waals surface area contributed by atoms with Crippen LogP contribution in [-0.2, 0) is 21.4 Å². The van der Waals surface area contributed by atoms with Gasteiger partial charge in [-0.15, -0.1) is 0 Å². The van der Waals surface area contributed by atoms with E-state index in [-0.39, 0.29) is 29.2 Å². The van der Waals surface area contributed by atoms with E-state index in [1.807, 2.05) is 37.4 Å². The van der Waals surface area contributed by atoms with Crippen LogP contribution in [0, 0.1) is 23.7 Å². The fraction of sp³-hybridized carbons (Fsp3) is 0.500. The second-order valence-corrected chi connectivity index (χ2v) is 12.0. The molecule has 5 aliphatic rings. The van der Waals surface area contributed by atoms with Crippen LogP contribution in [0.4, 0.5) is 0 Å². The average molecular weight is 527 g/mol. The standard InChI is InChI=1S/C32H34N2O5/c1-19(35)38-27-17-26(36)30-29-22(27)16-25-23-11-12-24(33(2)28(37)13-10-20-6-4-3-5-7-20)31(39-30)32(23,29)14-15-34(25)18-21-8-9-21/h3-7,17,21,23-25,31,36H,8-9,11-12,14-16,18H2,1-2H3/t23-,24-,25+,31-,32-/m0/s1. The van der Waals surface area contributed by atoms with Crippen LogP contribution in [0.1, 0.15) is 55.7 Å². The van der Waals surface area contributed by atoms with Gasteiger partial charge in [0.2, 0.25) is 0 Å². The minimum absolute atomic E-state index is 0.00276. The number of phenols is 1. The van der Waals surface area contributed by atoms with Crippen LogP contribution < -0.4 is 9.47 Å². The molecule has 0 aromatic heterocycles. The van der Waals surface area contributed by atoms with E-state index < -0.39 is 5.97 Å². The van der Waals surface area contributed by atoms with Crippen molar-refractivity contribution in [3.05, 3.63) is 53.1 Å². The molecule has 7 heteroatoms. The number of ether oxygens (including phenoxy) is 2. The third kappa shape index (κ3) is 3.83. The van der Waals surface area contributed by atoms with Gasteiger partial charge in [0.1, 0.15) is 11.9 Å². The Morgan fingerprint density at radius 3 is 2.74 bits per heavy atom. The van der Waals surface area contributed by atoms with Crippen molar-refractivity contribution in [2.45, 2.75) is 69.1 Å². The highest BCUT2D eigenvalue weighted by atomic mass is 16.5. The highest BCUT2D eigenvalue weighted by Crippen LogP contribution is 2.65. The molecule has 5 atom stereocenters. The lowest BCUT2D eigenvalue weighted by Crippen LogP contribution is -2.69. The average Bonchev–Trinajstić information content (AvgIpc) is 3.68. The molecule has 39 heavy (non-hydrogen) atoms. The van der Waals surface area contributed by atoms with Crippen LogP contribution in [-0.4, -0.2) is 65.1 Å². The van der Waals surface area contributed by atoms with Gasteiger partial charge in [0.05, 0.1) is 6.04 Å². The molecule has 1 spiro atoms. The molecule has 2 aliphatic heterocycles. The van der Waals surface area contributed by atoms with Crippen LogP contribution in [0.5, 0.6) is 17.2 Å². The van der Waals surface area contributed by atoms with Gasteiger partial charge in [0.25, 0.3) is 5.91 Å². The molecule has 3 aliphatic carbocycles. The van der Waals surface area contributed by atoms with E-state index in [1.54, 1.807) is 11.0 Å². The number of likely N-dealkylation sites (N-methyl/N-ethyl adjacent to an activating group) is 1. The summed E-state index contributed by atoms with van der Waals surface area (Å²) >= 11 is 0. The van der Waals surface area contributed by atoms with Gasteiger partial charge >= 0.3 is 5.97 Å². The molecule has 0 radical (unpaired) electrons. The SMILES string of the molecule is CC(=O)Oc1cc(O)c2c3c1C[C@@H]1[C@@H]4CC[C@H](N(C)C(=O)C#Cc5ccccc5)[C@H](O2)[C@]34CCN1CC1CC1. The number of rotatable bonds is 4. The predicted molar refractivity (Wildman–Crippen MR) is 145 cm³/mol. The van der Waals surface area contributed by atoms with Gasteiger partial charge in [0.15, 0.2) is 11.5 Å². The second kappa shape index (κ2) is 9.02. The molecule has 3 fully saturated rings. The summed E-state index contributed by atoms with van der Waals surface area (Å²) in [5, 5.41) is 11.1. The topological polar surface area (TPSA) is 79.3 Å². The van der Waals surface area contributed by atoms with Crippen molar-refractivity contribution in [3.8, 4) is 29.1 Å². The van der Waals surface area contributed by atoms with E-state index in [9.17, 15) is 14.7 Å². The quantitative estimate of drug-likeness (QED) is 0.372. The number of nitrogens with zero attached hydrogens (tertiary/aromatic N) is 2. The smallest absolute Gasteiger partial charge is 0.308 e. The number of amides is 1. The molecule has 1 N–H and O–H groups in total. The fourth-order valence-electron chi connectivity index (χ4n) is 8.04. The first-order valence-electron chi connectivity index (χ1n) is 14.2. The number of hydrogen-bond donors (Lipinski definition) is 1. The molecule has 7 nitrogen and oxygen atoms in total. The number of carbonyl (C=O) groups is 2. The summed E-state index contributed by atoms with van der Waals surface area (Å²) in [6, 6.07) is 11.2. The Morgan fingerprint density at radius 2 is 2.00 bits per heavy atom. The van der Waals surface area contributed by atoms with Crippen molar-refractivity contribution in [1.29, 1.82) is 0 Å². The van der Waals surface area contributed by atoms with Gasteiger partial charge in [-0.3, -0.25) is 14.5 Å². The monoisotopic (exact) mass is 526 g/mol. The molecule has 1 saturated heterocycles. The largest absolute Gasteiger partial charge is 0.504 e. The Bertz CT molecular complexity index is 1410. The maximum atomic E-state index is 13.3. The molecule has 7 rings (SSSR count). The molecule has 2 saturated carbocycles. The van der Waals surface area contributed by atoms with E-state index >= 15 is 0 Å². The van der Waals surface area contributed by atoms with Gasteiger partial charge in [-0.05, 0) is 69.0 Å². The Balaban J connectivity index is 1.28. The van der Waals surface area contributed by atoms with E-state index in [2.05, 4.69) is 16.7 Å². The minimum atomic E-state index is -0.399. The van der Waals surface area contributed by atoms with Crippen molar-refractivity contribution in [2.75, 3.05) is 20.1 Å². The zero-order chi connectivity index (χ0) is 26.9. The van der Waals surface area contributed by atoms with Gasteiger partial charge in [-0.25, -0.2) is 0 Å². The van der Waals surface area contributed by atoms with Crippen molar-refractivity contribution in [1.82, 2.24) is 9.80 Å². The number of hydrogen-bond acceptors (Lipinski definition) is 6. The van der Waals surface area contributed by atoms with E-state index in [1.165, 1.54) is 19.8 Å². The summed E-state index contributed by atoms with van der Waals surface area (Å²) in [7, 11) is 1.82. The van der Waals surface area contributed by atoms with Crippen LogP contribution in [0.3, 0.4) is 0 Å². The predicted octanol–water partition coefficient (Wildman–Crippen LogP) is 3.65. The van der Waals surface area contributed by atoms with E-state index in [4.69, 9.17) is 9.47 Å². The zero-order valence-electron chi connectivity index (χ0n) is 22.5. The lowest BCUT2D eigenvalue weighted by atomic mass is 9.50. The van der Waals surface area contributed by atoms with E-state index in [0.717, 1.165) is 61.4 Å². The number of phenolic OH excluding ortho intramolecular Hbond substituents is 1. The molecule has 2 aromatic carbocycles. The number of benzene rings is 2. The summed E-state index contributed by atoms with van der Waals surface area (Å²) in [6.45, 7) is 3.48. The molecule has 2 heterocycles. The Hall–Kier alpha value is -3.50. The number of likely N-dealkylation sites (tertiary alicyclic amines) is 1. The Kier molecular flexibility index (Phi) is 5.68. The summed E-state index contributed by atoms with van der Waals surface area (Å²) < 4.78 is 12.4.